The van der Waals surface area contributed by atoms with E-state index in [1.54, 1.807) is 0 Å². The Balaban J connectivity index is 1.49. The van der Waals surface area contributed by atoms with E-state index in [1.165, 1.54) is 5.56 Å². The van der Waals surface area contributed by atoms with Crippen LogP contribution in [0.15, 0.2) is 30.6 Å². The lowest BCUT2D eigenvalue weighted by atomic mass is 10.0. The van der Waals surface area contributed by atoms with Gasteiger partial charge in [0.25, 0.3) is 0 Å². The summed E-state index contributed by atoms with van der Waals surface area (Å²) in [5.74, 6) is 0.698. The van der Waals surface area contributed by atoms with Gasteiger partial charge in [0.1, 0.15) is 5.75 Å². The van der Waals surface area contributed by atoms with E-state index in [0.717, 1.165) is 48.4 Å². The first-order chi connectivity index (χ1) is 14.9. The Kier molecular flexibility index (Phi) is 6.36. The molecule has 3 aromatic rings. The number of aliphatic hydroxyl groups is 2. The highest BCUT2D eigenvalue weighted by atomic mass is 16.6. The average molecular weight is 423 g/mol. The number of unbranched alkanes of at least 4 members (excludes halogenated alkanes) is 1. The molecular formula is C24H30N4O3. The highest BCUT2D eigenvalue weighted by Gasteiger charge is 2.24. The molecule has 0 bridgehead atoms. The molecule has 31 heavy (non-hydrogen) atoms. The van der Waals surface area contributed by atoms with Crippen molar-refractivity contribution in [3.8, 4) is 5.75 Å². The third-order valence-corrected chi connectivity index (χ3v) is 5.65. The fraction of sp³-hybridized carbons (Fsp3) is 0.417. The maximum atomic E-state index is 10.7. The fourth-order valence-electron chi connectivity index (χ4n) is 4.02. The lowest BCUT2D eigenvalue weighted by Crippen LogP contribution is -2.23. The molecule has 1 atom stereocenters. The van der Waals surface area contributed by atoms with Crippen LogP contribution in [0, 0.1) is 13.8 Å². The van der Waals surface area contributed by atoms with Crippen molar-refractivity contribution in [3.63, 3.8) is 0 Å². The first-order valence-corrected chi connectivity index (χ1v) is 10.8. The van der Waals surface area contributed by atoms with Crippen molar-refractivity contribution in [2.24, 2.45) is 0 Å². The molecule has 0 aliphatic carbocycles. The molecule has 1 unspecified atom stereocenters. The van der Waals surface area contributed by atoms with Gasteiger partial charge in [0.2, 0.25) is 6.29 Å². The maximum Gasteiger partial charge on any atom is 0.226 e. The number of aryl methyl sites for hydroxylation is 3. The summed E-state index contributed by atoms with van der Waals surface area (Å²) in [6.45, 7) is 5.76. The van der Waals surface area contributed by atoms with Gasteiger partial charge in [0, 0.05) is 30.1 Å². The number of aromatic nitrogens is 3. The second kappa shape index (κ2) is 9.18. The molecule has 0 saturated carbocycles. The number of likely N-dealkylation sites (N-methyl/N-ethyl adjacent to an activating group) is 1. The molecule has 1 aliphatic heterocycles. The number of nitrogens with zero attached hydrogens (tertiary/aromatic N) is 4. The van der Waals surface area contributed by atoms with Crippen LogP contribution in [0.5, 0.6) is 5.75 Å². The van der Waals surface area contributed by atoms with E-state index < -0.39 is 6.29 Å². The van der Waals surface area contributed by atoms with Gasteiger partial charge in [0.15, 0.2) is 5.65 Å². The standard InChI is InChI=1S/C24H30N4O3/c1-16-14-28-15-21(26-23(28)17(2)25-16)20-13-19-8-7-18(12-22(19)31-24(20)30)6-4-5-9-27(3)10-11-29/h7-8,12-15,24,29-30H,4-6,9-11H2,1-3H3. The summed E-state index contributed by atoms with van der Waals surface area (Å²) < 4.78 is 7.79. The quantitative estimate of drug-likeness (QED) is 0.543. The molecule has 164 valence electrons. The van der Waals surface area contributed by atoms with Crippen molar-refractivity contribution in [3.05, 3.63) is 58.8 Å². The maximum absolute atomic E-state index is 10.7. The molecule has 0 radical (unpaired) electrons. The molecule has 0 fully saturated rings. The minimum Gasteiger partial charge on any atom is -0.460 e. The predicted molar refractivity (Wildman–Crippen MR) is 121 cm³/mol. The SMILES string of the molecule is Cc1cn2cc(C3=Cc4ccc(CCCCN(C)CCO)cc4OC3O)nc2c(C)n1. The van der Waals surface area contributed by atoms with Crippen LogP contribution in [0.4, 0.5) is 0 Å². The zero-order chi connectivity index (χ0) is 22.0. The van der Waals surface area contributed by atoms with Crippen molar-refractivity contribution in [1.29, 1.82) is 0 Å². The Morgan fingerprint density at radius 1 is 1.13 bits per heavy atom. The number of hydrogen-bond acceptors (Lipinski definition) is 6. The zero-order valence-electron chi connectivity index (χ0n) is 18.4. The van der Waals surface area contributed by atoms with E-state index >= 15 is 0 Å². The number of benzene rings is 1. The Bertz CT molecular complexity index is 1110. The van der Waals surface area contributed by atoms with Gasteiger partial charge in [-0.2, -0.15) is 0 Å². The smallest absolute Gasteiger partial charge is 0.226 e. The van der Waals surface area contributed by atoms with Crippen LogP contribution in [0.3, 0.4) is 0 Å². The highest BCUT2D eigenvalue weighted by Crippen LogP contribution is 2.34. The van der Waals surface area contributed by atoms with Crippen LogP contribution in [0.1, 0.15) is 41.1 Å². The van der Waals surface area contributed by atoms with E-state index in [2.05, 4.69) is 20.9 Å². The summed E-state index contributed by atoms with van der Waals surface area (Å²) in [5, 5.41) is 19.6. The highest BCUT2D eigenvalue weighted by molar-refractivity contribution is 5.86. The Hall–Kier alpha value is -2.74. The van der Waals surface area contributed by atoms with Gasteiger partial charge in [-0.15, -0.1) is 0 Å². The monoisotopic (exact) mass is 422 g/mol. The molecule has 0 amide bonds. The first kappa shape index (κ1) is 21.5. The fourth-order valence-corrected chi connectivity index (χ4v) is 4.02. The molecule has 2 aromatic heterocycles. The normalized spacial score (nSPS) is 15.8. The van der Waals surface area contributed by atoms with Crippen LogP contribution in [0.25, 0.3) is 17.3 Å². The van der Waals surface area contributed by atoms with E-state index in [4.69, 9.17) is 9.84 Å². The van der Waals surface area contributed by atoms with Crippen LogP contribution in [0.2, 0.25) is 0 Å². The molecule has 1 aromatic carbocycles. The van der Waals surface area contributed by atoms with Gasteiger partial charge in [-0.3, -0.25) is 4.98 Å². The minimum absolute atomic E-state index is 0.196. The number of aliphatic hydroxyl groups excluding tert-OH is 2. The minimum atomic E-state index is -1.06. The van der Waals surface area contributed by atoms with Crippen molar-refractivity contribution in [1.82, 2.24) is 19.3 Å². The summed E-state index contributed by atoms with van der Waals surface area (Å²) in [7, 11) is 2.02. The van der Waals surface area contributed by atoms with Crippen molar-refractivity contribution in [2.45, 2.75) is 39.4 Å². The van der Waals surface area contributed by atoms with Crippen molar-refractivity contribution in [2.75, 3.05) is 26.7 Å². The van der Waals surface area contributed by atoms with Gasteiger partial charge in [-0.05, 0) is 64.4 Å². The second-order valence-corrected chi connectivity index (χ2v) is 8.25. The lowest BCUT2D eigenvalue weighted by molar-refractivity contribution is 0.0317. The number of ether oxygens (including phenoxy) is 1. The third kappa shape index (κ3) is 4.79. The van der Waals surface area contributed by atoms with Crippen LogP contribution in [-0.4, -0.2) is 62.5 Å². The van der Waals surface area contributed by atoms with Crippen LogP contribution >= 0.6 is 0 Å². The first-order valence-electron chi connectivity index (χ1n) is 10.8. The predicted octanol–water partition coefficient (Wildman–Crippen LogP) is 2.84. The summed E-state index contributed by atoms with van der Waals surface area (Å²) in [6, 6.07) is 6.18. The molecule has 0 spiro atoms. The topological polar surface area (TPSA) is 83.1 Å². The van der Waals surface area contributed by atoms with Gasteiger partial charge in [0.05, 0.1) is 23.7 Å². The second-order valence-electron chi connectivity index (χ2n) is 8.25. The van der Waals surface area contributed by atoms with Crippen molar-refractivity contribution < 1.29 is 14.9 Å². The van der Waals surface area contributed by atoms with Crippen LogP contribution in [-0.2, 0) is 6.42 Å². The Morgan fingerprint density at radius 2 is 1.97 bits per heavy atom. The zero-order valence-corrected chi connectivity index (χ0v) is 18.4. The summed E-state index contributed by atoms with van der Waals surface area (Å²) in [6.07, 6.45) is 7.81. The third-order valence-electron chi connectivity index (χ3n) is 5.65. The van der Waals surface area contributed by atoms with E-state index in [-0.39, 0.29) is 6.61 Å². The van der Waals surface area contributed by atoms with Gasteiger partial charge >= 0.3 is 0 Å². The van der Waals surface area contributed by atoms with E-state index in [0.29, 0.717) is 23.6 Å². The molecule has 7 heteroatoms. The number of imidazole rings is 1. The molecule has 7 nitrogen and oxygen atoms in total. The lowest BCUT2D eigenvalue weighted by Gasteiger charge is -2.23. The average Bonchev–Trinajstić information content (AvgIpc) is 3.15. The number of fused-ring (bicyclic) bond motifs is 2. The number of rotatable bonds is 8. The Morgan fingerprint density at radius 3 is 2.77 bits per heavy atom. The van der Waals surface area contributed by atoms with E-state index in [1.807, 2.05) is 55.9 Å². The summed E-state index contributed by atoms with van der Waals surface area (Å²) in [5.41, 5.74) is 6.01. The van der Waals surface area contributed by atoms with Crippen molar-refractivity contribution >= 4 is 17.3 Å². The number of hydrogen-bond donors (Lipinski definition) is 2. The molecule has 1 aliphatic rings. The molecule has 4 rings (SSSR count). The van der Waals surface area contributed by atoms with Gasteiger partial charge in [-0.1, -0.05) is 12.1 Å². The Labute approximate surface area is 182 Å². The van der Waals surface area contributed by atoms with Crippen LogP contribution < -0.4 is 4.74 Å². The summed E-state index contributed by atoms with van der Waals surface area (Å²) >= 11 is 0. The molecule has 2 N–H and O–H groups in total. The largest absolute Gasteiger partial charge is 0.460 e. The molecular weight excluding hydrogens is 392 g/mol. The summed E-state index contributed by atoms with van der Waals surface area (Å²) in [4.78, 5) is 11.3. The van der Waals surface area contributed by atoms with Gasteiger partial charge in [-0.25, -0.2) is 4.98 Å². The molecule has 0 saturated heterocycles. The molecule has 3 heterocycles. The van der Waals surface area contributed by atoms with Gasteiger partial charge < -0.3 is 24.3 Å². The van der Waals surface area contributed by atoms with E-state index in [9.17, 15) is 5.11 Å².